The average molecular weight is 282 g/mol. The van der Waals surface area contributed by atoms with Crippen LogP contribution >= 0.6 is 0 Å². The summed E-state index contributed by atoms with van der Waals surface area (Å²) in [6.07, 6.45) is 6.30. The topological polar surface area (TPSA) is 91.5 Å². The lowest BCUT2D eigenvalue weighted by Gasteiger charge is -2.39. The van der Waals surface area contributed by atoms with Crippen LogP contribution in [0.4, 0.5) is 0 Å². The van der Waals surface area contributed by atoms with E-state index in [4.69, 9.17) is 10.1 Å². The lowest BCUT2D eigenvalue weighted by molar-refractivity contribution is -0.414. The van der Waals surface area contributed by atoms with Crippen molar-refractivity contribution < 1.29 is 9.66 Å². The highest BCUT2D eigenvalue weighted by Gasteiger charge is 2.26. The normalized spacial score (nSPS) is 23.5. The highest BCUT2D eigenvalue weighted by atomic mass is 16.6. The first-order valence-electron chi connectivity index (χ1n) is 7.13. The second-order valence-corrected chi connectivity index (χ2v) is 5.29. The van der Waals surface area contributed by atoms with Gasteiger partial charge >= 0.3 is 5.70 Å². The molecule has 0 aromatic carbocycles. The maximum atomic E-state index is 10.6. The highest BCUT2D eigenvalue weighted by molar-refractivity contribution is 5.71. The lowest BCUT2D eigenvalue weighted by Crippen LogP contribution is -2.47. The Morgan fingerprint density at radius 3 is 2.50 bits per heavy atom. The molecule has 7 heteroatoms. The molecule has 2 saturated heterocycles. The molecule has 0 aliphatic carbocycles. The van der Waals surface area contributed by atoms with Gasteiger partial charge in [-0.05, 0) is 25.7 Å². The molecule has 112 valence electrons. The van der Waals surface area contributed by atoms with Gasteiger partial charge in [-0.25, -0.2) is 0 Å². The van der Waals surface area contributed by atoms with E-state index < -0.39 is 4.92 Å². The van der Waals surface area contributed by atoms with E-state index in [1.165, 1.54) is 6.20 Å². The Labute approximate surface area is 118 Å². The third-order valence-electron chi connectivity index (χ3n) is 4.06. The van der Waals surface area contributed by atoms with Gasteiger partial charge < -0.3 is 20.4 Å². The average Bonchev–Trinajstić information content (AvgIpc) is 2.49. The molecule has 2 aliphatic heterocycles. The van der Waals surface area contributed by atoms with Crippen molar-refractivity contribution in [2.75, 3.05) is 26.3 Å². The zero-order valence-corrected chi connectivity index (χ0v) is 11.6. The summed E-state index contributed by atoms with van der Waals surface area (Å²) in [6.45, 7) is 3.76. The lowest BCUT2D eigenvalue weighted by atomic mass is 10.00. The summed E-state index contributed by atoms with van der Waals surface area (Å²) in [5.74, 6) is 0. The van der Waals surface area contributed by atoms with Crippen molar-refractivity contribution in [3.63, 3.8) is 0 Å². The molecule has 2 rings (SSSR count). The van der Waals surface area contributed by atoms with Crippen LogP contribution in [0, 0.1) is 15.5 Å². The number of nitrogens with one attached hydrogen (secondary N) is 2. The van der Waals surface area contributed by atoms with Crippen molar-refractivity contribution in [2.24, 2.45) is 0 Å². The largest absolute Gasteiger partial charge is 0.383 e. The summed E-state index contributed by atoms with van der Waals surface area (Å²) in [5.41, 5.74) is -0.197. The van der Waals surface area contributed by atoms with Crippen molar-refractivity contribution in [1.29, 1.82) is 5.41 Å². The molecule has 0 radical (unpaired) electrons. The predicted molar refractivity (Wildman–Crippen MR) is 75.4 cm³/mol. The van der Waals surface area contributed by atoms with Crippen molar-refractivity contribution >= 4 is 6.21 Å². The number of nitro groups is 1. The second kappa shape index (κ2) is 7.35. The van der Waals surface area contributed by atoms with Gasteiger partial charge in [0, 0.05) is 38.4 Å². The molecule has 0 atom stereocenters. The zero-order chi connectivity index (χ0) is 14.4. The minimum Gasteiger partial charge on any atom is -0.383 e. The molecule has 0 spiro atoms. The first-order valence-corrected chi connectivity index (χ1v) is 7.13. The molecule has 0 saturated carbocycles. The number of hydrogen-bond donors (Lipinski definition) is 2. The maximum Gasteiger partial charge on any atom is 0.302 e. The first-order chi connectivity index (χ1) is 9.70. The Kier molecular flexibility index (Phi) is 5.49. The summed E-state index contributed by atoms with van der Waals surface area (Å²) >= 11 is 0. The highest BCUT2D eigenvalue weighted by Crippen LogP contribution is 2.19. The summed E-state index contributed by atoms with van der Waals surface area (Å²) in [4.78, 5) is 12.6. The summed E-state index contributed by atoms with van der Waals surface area (Å²) in [5, 5.41) is 20.6. The minimum absolute atomic E-state index is 0.197. The van der Waals surface area contributed by atoms with Gasteiger partial charge in [-0.15, -0.1) is 0 Å². The summed E-state index contributed by atoms with van der Waals surface area (Å²) in [6, 6.07) is 0.900. The first kappa shape index (κ1) is 14.9. The number of likely N-dealkylation sites (tertiary alicyclic amines) is 1. The standard InChI is InChI=1S/C13H22N4O3/c14-9-13(17(18)19)10-15-11-1-5-16(6-2-11)12-3-7-20-8-4-12/h9-12,14-15H,1-8H2/b13-10+,14-9?. The fourth-order valence-electron chi connectivity index (χ4n) is 2.83. The van der Waals surface area contributed by atoms with E-state index in [0.717, 1.165) is 58.2 Å². The number of allylic oxidation sites excluding steroid dienone is 1. The monoisotopic (exact) mass is 282 g/mol. The number of nitrogens with zero attached hydrogens (tertiary/aromatic N) is 2. The van der Waals surface area contributed by atoms with E-state index in [1.54, 1.807) is 0 Å². The van der Waals surface area contributed by atoms with E-state index in [-0.39, 0.29) is 11.7 Å². The Bertz CT molecular complexity index is 372. The quantitative estimate of drug-likeness (QED) is 0.446. The summed E-state index contributed by atoms with van der Waals surface area (Å²) in [7, 11) is 0. The molecule has 7 nitrogen and oxygen atoms in total. The molecule has 2 aliphatic rings. The predicted octanol–water partition coefficient (Wildman–Crippen LogP) is 0.987. The molecule has 2 fully saturated rings. The molecular weight excluding hydrogens is 260 g/mol. The molecule has 2 N–H and O–H groups in total. The van der Waals surface area contributed by atoms with Crippen LogP contribution in [0.3, 0.4) is 0 Å². The van der Waals surface area contributed by atoms with Crippen molar-refractivity contribution in [3.05, 3.63) is 22.0 Å². The molecule has 0 aromatic rings. The van der Waals surface area contributed by atoms with Crippen LogP contribution in [0.15, 0.2) is 11.9 Å². The van der Waals surface area contributed by atoms with Crippen LogP contribution in [0.25, 0.3) is 0 Å². The Morgan fingerprint density at radius 2 is 1.95 bits per heavy atom. The van der Waals surface area contributed by atoms with Crippen molar-refractivity contribution in [2.45, 2.75) is 37.8 Å². The molecule has 0 unspecified atom stereocenters. The van der Waals surface area contributed by atoms with Gasteiger partial charge in [-0.2, -0.15) is 0 Å². The van der Waals surface area contributed by atoms with Gasteiger partial charge in [0.25, 0.3) is 0 Å². The molecule has 0 amide bonds. The smallest absolute Gasteiger partial charge is 0.302 e. The van der Waals surface area contributed by atoms with Gasteiger partial charge in [0.15, 0.2) is 0 Å². The van der Waals surface area contributed by atoms with Gasteiger partial charge in [0.05, 0.1) is 17.3 Å². The van der Waals surface area contributed by atoms with Crippen LogP contribution in [0.2, 0.25) is 0 Å². The summed E-state index contributed by atoms with van der Waals surface area (Å²) < 4.78 is 5.38. The Morgan fingerprint density at radius 1 is 1.30 bits per heavy atom. The van der Waals surface area contributed by atoms with Gasteiger partial charge in [-0.1, -0.05) is 0 Å². The van der Waals surface area contributed by atoms with E-state index in [2.05, 4.69) is 10.2 Å². The minimum atomic E-state index is -0.544. The van der Waals surface area contributed by atoms with E-state index in [0.29, 0.717) is 6.04 Å². The number of piperidine rings is 1. The van der Waals surface area contributed by atoms with Crippen LogP contribution in [-0.4, -0.2) is 54.4 Å². The third-order valence-corrected chi connectivity index (χ3v) is 4.06. The molecular formula is C13H22N4O3. The third kappa shape index (κ3) is 4.01. The SMILES string of the molecule is N=C/C(=C\NC1CCN(C2CCOCC2)CC1)[N+](=O)[O-]. The number of rotatable bonds is 5. The number of hydrogen-bond acceptors (Lipinski definition) is 6. The molecule has 0 bridgehead atoms. The fraction of sp³-hybridized carbons (Fsp3) is 0.769. The van der Waals surface area contributed by atoms with E-state index in [9.17, 15) is 10.1 Å². The second-order valence-electron chi connectivity index (χ2n) is 5.29. The van der Waals surface area contributed by atoms with Crippen LogP contribution in [0.1, 0.15) is 25.7 Å². The Balaban J connectivity index is 1.76. The van der Waals surface area contributed by atoms with Crippen molar-refractivity contribution in [1.82, 2.24) is 10.2 Å². The fourth-order valence-corrected chi connectivity index (χ4v) is 2.83. The zero-order valence-electron chi connectivity index (χ0n) is 11.6. The van der Waals surface area contributed by atoms with E-state index >= 15 is 0 Å². The number of ether oxygens (including phenoxy) is 1. The van der Waals surface area contributed by atoms with Gasteiger partial charge in [-0.3, -0.25) is 10.1 Å². The van der Waals surface area contributed by atoms with Gasteiger partial charge in [0.1, 0.15) is 0 Å². The van der Waals surface area contributed by atoms with Crippen molar-refractivity contribution in [3.8, 4) is 0 Å². The van der Waals surface area contributed by atoms with Gasteiger partial charge in [0.2, 0.25) is 0 Å². The Hall–Kier alpha value is -1.47. The van der Waals surface area contributed by atoms with Crippen LogP contribution in [0.5, 0.6) is 0 Å². The molecule has 0 aromatic heterocycles. The van der Waals surface area contributed by atoms with Crippen LogP contribution < -0.4 is 5.32 Å². The van der Waals surface area contributed by atoms with Crippen LogP contribution in [-0.2, 0) is 4.74 Å². The molecule has 2 heterocycles. The maximum absolute atomic E-state index is 10.6. The van der Waals surface area contributed by atoms with E-state index in [1.807, 2.05) is 0 Å². The molecule has 20 heavy (non-hydrogen) atoms.